The zero-order chi connectivity index (χ0) is 41.3. The molecular weight excluding hydrogens is 863 g/mol. The Morgan fingerprint density at radius 2 is 0.850 bits per heavy atom. The molecule has 0 atom stereocenters. The van der Waals surface area contributed by atoms with E-state index in [4.69, 9.17) is 17.0 Å². The van der Waals surface area contributed by atoms with Crippen molar-refractivity contribution >= 4 is 58.5 Å². The summed E-state index contributed by atoms with van der Waals surface area (Å²) >= 11 is -0.826. The third kappa shape index (κ3) is 9.34. The van der Waals surface area contributed by atoms with E-state index in [9.17, 15) is 0 Å². The first-order valence-electron chi connectivity index (χ1n) is 20.0. The Morgan fingerprint density at radius 1 is 0.450 bits per heavy atom. The summed E-state index contributed by atoms with van der Waals surface area (Å²) in [5.74, 6) is 0. The Kier molecular flexibility index (Phi) is 13.7. The Labute approximate surface area is 375 Å². The molecule has 1 aliphatic rings. The van der Waals surface area contributed by atoms with Gasteiger partial charge in [0.2, 0.25) is 0 Å². The molecule has 0 saturated heterocycles. The predicted molar refractivity (Wildman–Crippen MR) is 258 cm³/mol. The third-order valence-corrected chi connectivity index (χ3v) is 12.2. The van der Waals surface area contributed by atoms with Gasteiger partial charge < -0.3 is 0 Å². The van der Waals surface area contributed by atoms with Gasteiger partial charge in [-0.2, -0.15) is 29.5 Å². The van der Waals surface area contributed by atoms with Crippen molar-refractivity contribution in [2.45, 2.75) is 13.8 Å². The summed E-state index contributed by atoms with van der Waals surface area (Å²) in [6, 6.07) is 78.8. The molecule has 0 unspecified atom stereocenters. The van der Waals surface area contributed by atoms with Crippen LogP contribution < -0.4 is 10.4 Å². The van der Waals surface area contributed by atoms with Gasteiger partial charge in [-0.1, -0.05) is 191 Å². The zero-order valence-corrected chi connectivity index (χ0v) is 38.4. The topological polar surface area (TPSA) is 0 Å². The first kappa shape index (κ1) is 41.4. The Hall–Kier alpha value is -5.34. The molecule has 60 heavy (non-hydrogen) atoms. The molecule has 4 heteroatoms. The van der Waals surface area contributed by atoms with Crippen LogP contribution in [0.15, 0.2) is 212 Å². The van der Waals surface area contributed by atoms with Gasteiger partial charge in [0, 0.05) is 0 Å². The third-order valence-electron chi connectivity index (χ3n) is 10.9. The Bertz CT molecular complexity index is 2750. The summed E-state index contributed by atoms with van der Waals surface area (Å²) in [5, 5.41) is 8.12. The van der Waals surface area contributed by atoms with Crippen molar-refractivity contribution in [1.82, 2.24) is 0 Å². The predicted octanol–water partition coefficient (Wildman–Crippen LogP) is 14.9. The number of hydrogen-bond donors (Lipinski definition) is 0. The standard InChI is InChI=1S/2C22H17.C12H7Si.2ClH.Zr/c2*1-16-12-13-19-14-20(17-8-4-2-5-9-17)15-21(19)22(16)18-10-6-3-7-11-18;1-3-7-11-9(5-1)10-6-2-4-8-12(10)13-11;;;/h2*2-15H,1H3;1-7H;2*1H;/q3*-1;;;+2/p-2. The van der Waals surface area contributed by atoms with Crippen LogP contribution in [-0.2, 0) is 20.8 Å². The van der Waals surface area contributed by atoms with E-state index in [-0.39, 0.29) is 0 Å². The normalized spacial score (nSPS) is 10.9. The summed E-state index contributed by atoms with van der Waals surface area (Å²) in [4.78, 5) is 0. The fourth-order valence-corrected chi connectivity index (χ4v) is 9.39. The number of aryl methyl sites for hydroxylation is 2. The van der Waals surface area contributed by atoms with Gasteiger partial charge in [0.25, 0.3) is 0 Å². The van der Waals surface area contributed by atoms with Gasteiger partial charge in [-0.25, -0.2) is 0 Å². The molecule has 2 radical (unpaired) electrons. The number of fused-ring (bicyclic) bond motifs is 5. The van der Waals surface area contributed by atoms with E-state index in [0.717, 1.165) is 9.52 Å². The molecule has 10 aromatic rings. The van der Waals surface area contributed by atoms with Crippen molar-refractivity contribution < 1.29 is 20.8 Å². The van der Waals surface area contributed by atoms with Gasteiger partial charge >= 0.3 is 37.9 Å². The second-order valence-electron chi connectivity index (χ2n) is 14.7. The zero-order valence-electron chi connectivity index (χ0n) is 33.5. The summed E-state index contributed by atoms with van der Waals surface area (Å²) in [5.41, 5.74) is 15.8. The van der Waals surface area contributed by atoms with Gasteiger partial charge in [-0.15, -0.1) is 74.6 Å². The molecule has 290 valence electrons. The molecule has 0 nitrogen and oxygen atoms in total. The van der Waals surface area contributed by atoms with Crippen LogP contribution in [0.1, 0.15) is 11.1 Å². The quantitative estimate of drug-likeness (QED) is 0.122. The van der Waals surface area contributed by atoms with Crippen LogP contribution in [-0.4, -0.2) is 9.52 Å². The number of rotatable bonds is 4. The molecule has 0 aromatic heterocycles. The van der Waals surface area contributed by atoms with Crippen molar-refractivity contribution in [2.75, 3.05) is 0 Å². The maximum atomic E-state index is 4.93. The Morgan fingerprint density at radius 3 is 1.32 bits per heavy atom. The van der Waals surface area contributed by atoms with Gasteiger partial charge in [-0.3, -0.25) is 0 Å². The fraction of sp³-hybridized carbons (Fsp3) is 0.0357. The molecular formula is C56H41Cl2SiZr-3. The minimum atomic E-state index is -0.826. The number of benzene rings is 8. The smallest absolute Gasteiger partial charge is 0.0920 e. The SMILES string of the molecule is Cc1ccc2[cH-]c(-c3ccccc3)cc2c1-c1ccccc1.Cc1ccc2[cH-]c(-c3ccccc3)cc2c1-c1ccccc1.[Cl][Zr][Cl].[c-]1cccc2c1[Si]c1ccccc1-2. The van der Waals surface area contributed by atoms with E-state index in [2.05, 4.69) is 226 Å². The van der Waals surface area contributed by atoms with Crippen molar-refractivity contribution in [3.05, 3.63) is 230 Å². The molecule has 0 fully saturated rings. The average molecular weight is 904 g/mol. The van der Waals surface area contributed by atoms with E-state index in [1.807, 2.05) is 6.07 Å². The molecule has 0 bridgehead atoms. The summed E-state index contributed by atoms with van der Waals surface area (Å²) in [7, 11) is 10.7. The van der Waals surface area contributed by atoms with E-state index >= 15 is 0 Å². The minimum absolute atomic E-state index is 0.795. The van der Waals surface area contributed by atoms with Crippen LogP contribution in [0.25, 0.3) is 77.2 Å². The van der Waals surface area contributed by atoms with Gasteiger partial charge in [0.1, 0.15) is 0 Å². The van der Waals surface area contributed by atoms with Crippen LogP contribution in [0.5, 0.6) is 0 Å². The summed E-state index contributed by atoms with van der Waals surface area (Å²) in [6.07, 6.45) is 0. The van der Waals surface area contributed by atoms with E-state index in [1.54, 1.807) is 0 Å². The van der Waals surface area contributed by atoms with Gasteiger partial charge in [0.05, 0.1) is 9.52 Å². The average Bonchev–Trinajstić information content (AvgIpc) is 4.04. The fourth-order valence-electron chi connectivity index (χ4n) is 8.08. The van der Waals surface area contributed by atoms with Crippen LogP contribution in [0, 0.1) is 19.9 Å². The van der Waals surface area contributed by atoms with Crippen LogP contribution >= 0.6 is 17.0 Å². The van der Waals surface area contributed by atoms with Crippen molar-refractivity contribution in [2.24, 2.45) is 0 Å². The number of hydrogen-bond acceptors (Lipinski definition) is 0. The second-order valence-corrected chi connectivity index (χ2v) is 19.7. The van der Waals surface area contributed by atoms with Crippen molar-refractivity contribution in [1.29, 1.82) is 0 Å². The molecule has 10 aromatic carbocycles. The van der Waals surface area contributed by atoms with Crippen LogP contribution in [0.3, 0.4) is 0 Å². The van der Waals surface area contributed by atoms with Crippen LogP contribution in [0.2, 0.25) is 0 Å². The Balaban J connectivity index is 0.000000124. The summed E-state index contributed by atoms with van der Waals surface area (Å²) in [6.45, 7) is 4.38. The van der Waals surface area contributed by atoms with Crippen LogP contribution in [0.4, 0.5) is 0 Å². The monoisotopic (exact) mass is 901 g/mol. The van der Waals surface area contributed by atoms with Gasteiger partial charge in [0.15, 0.2) is 0 Å². The van der Waals surface area contributed by atoms with E-state index in [0.29, 0.717) is 0 Å². The summed E-state index contributed by atoms with van der Waals surface area (Å²) < 4.78 is 0. The van der Waals surface area contributed by atoms with Crippen molar-refractivity contribution in [3.63, 3.8) is 0 Å². The van der Waals surface area contributed by atoms with Crippen molar-refractivity contribution in [3.8, 4) is 55.6 Å². The molecule has 0 spiro atoms. The molecule has 11 rings (SSSR count). The van der Waals surface area contributed by atoms with E-state index < -0.39 is 20.8 Å². The first-order chi connectivity index (χ1) is 29.5. The first-order valence-corrected chi connectivity index (χ1v) is 27.3. The minimum Gasteiger partial charge on any atom is -0.184 e. The number of halogens is 2. The molecule has 0 amide bonds. The molecule has 0 saturated carbocycles. The van der Waals surface area contributed by atoms with Gasteiger partial charge in [-0.05, 0) is 36.1 Å². The second kappa shape index (κ2) is 19.8. The van der Waals surface area contributed by atoms with E-state index in [1.165, 1.54) is 98.7 Å². The largest absolute Gasteiger partial charge is 0.184 e. The molecule has 1 aliphatic heterocycles. The maximum Gasteiger partial charge on any atom is 0.0920 e. The maximum absolute atomic E-state index is 4.93. The molecule has 1 heterocycles. The molecule has 0 aliphatic carbocycles. The molecule has 0 N–H and O–H groups in total.